The van der Waals surface area contributed by atoms with Crippen molar-refractivity contribution in [3.8, 4) is 0 Å². The third kappa shape index (κ3) is 3.14. The summed E-state index contributed by atoms with van der Waals surface area (Å²) in [6.07, 6.45) is 2.55. The highest BCUT2D eigenvalue weighted by molar-refractivity contribution is 5.79. The molecule has 0 spiro atoms. The van der Waals surface area contributed by atoms with Crippen molar-refractivity contribution in [2.75, 3.05) is 36.8 Å². The Bertz CT molecular complexity index is 425. The lowest BCUT2D eigenvalue weighted by molar-refractivity contribution is -0.123. The third-order valence-corrected chi connectivity index (χ3v) is 3.61. The lowest BCUT2D eigenvalue weighted by Crippen LogP contribution is -2.54. The van der Waals surface area contributed by atoms with Crippen LogP contribution in [0.25, 0.3) is 0 Å². The molecule has 0 bridgehead atoms. The van der Waals surface area contributed by atoms with Gasteiger partial charge in [0.1, 0.15) is 5.82 Å². The molecule has 0 saturated carbocycles. The van der Waals surface area contributed by atoms with Crippen LogP contribution in [0, 0.1) is 0 Å². The van der Waals surface area contributed by atoms with Gasteiger partial charge in [-0.25, -0.2) is 4.98 Å². The Hall–Kier alpha value is -1.82. The van der Waals surface area contributed by atoms with Crippen molar-refractivity contribution >= 4 is 17.4 Å². The minimum Gasteiger partial charge on any atom is -0.384 e. The van der Waals surface area contributed by atoms with Crippen LogP contribution in [0.2, 0.25) is 0 Å². The van der Waals surface area contributed by atoms with Crippen molar-refractivity contribution in [3.05, 3.63) is 18.3 Å². The highest BCUT2D eigenvalue weighted by atomic mass is 16.1. The number of carbonyl (C=O) groups excluding carboxylic acids is 1. The molecule has 1 unspecified atom stereocenters. The lowest BCUT2D eigenvalue weighted by atomic mass is 10.1. The van der Waals surface area contributed by atoms with Crippen molar-refractivity contribution < 1.29 is 4.79 Å². The number of pyridine rings is 1. The van der Waals surface area contributed by atoms with Crippen LogP contribution in [0.4, 0.5) is 11.5 Å². The van der Waals surface area contributed by atoms with E-state index in [1.54, 1.807) is 12.3 Å². The first-order valence-corrected chi connectivity index (χ1v) is 6.61. The number of rotatable bonds is 4. The maximum Gasteiger partial charge on any atom is 0.234 e. The molecule has 104 valence electrons. The first-order chi connectivity index (χ1) is 9.11. The van der Waals surface area contributed by atoms with Crippen LogP contribution in [0.5, 0.6) is 0 Å². The van der Waals surface area contributed by atoms with Gasteiger partial charge in [-0.3, -0.25) is 9.69 Å². The Kier molecular flexibility index (Phi) is 4.21. The van der Waals surface area contributed by atoms with E-state index in [2.05, 4.69) is 14.8 Å². The van der Waals surface area contributed by atoms with E-state index in [-0.39, 0.29) is 11.9 Å². The van der Waals surface area contributed by atoms with E-state index >= 15 is 0 Å². The molecule has 0 radical (unpaired) electrons. The SMILES string of the molecule is CCC(C(N)=O)N1CCN(c2ccc(N)nc2)CC1. The number of primary amides is 1. The monoisotopic (exact) mass is 263 g/mol. The van der Waals surface area contributed by atoms with Crippen molar-refractivity contribution in [3.63, 3.8) is 0 Å². The van der Waals surface area contributed by atoms with E-state index in [9.17, 15) is 4.79 Å². The zero-order chi connectivity index (χ0) is 13.8. The van der Waals surface area contributed by atoms with Crippen LogP contribution in [0.3, 0.4) is 0 Å². The quantitative estimate of drug-likeness (QED) is 0.801. The lowest BCUT2D eigenvalue weighted by Gasteiger charge is -2.38. The molecule has 1 aromatic heterocycles. The van der Waals surface area contributed by atoms with Crippen LogP contribution in [-0.4, -0.2) is 48.0 Å². The average Bonchev–Trinajstić information content (AvgIpc) is 2.41. The Labute approximate surface area is 113 Å². The highest BCUT2D eigenvalue weighted by Crippen LogP contribution is 2.17. The van der Waals surface area contributed by atoms with Crippen LogP contribution in [0.1, 0.15) is 13.3 Å². The molecule has 1 aromatic rings. The summed E-state index contributed by atoms with van der Waals surface area (Å²) < 4.78 is 0. The summed E-state index contributed by atoms with van der Waals surface area (Å²) in [4.78, 5) is 19.9. The fourth-order valence-electron chi connectivity index (χ4n) is 2.52. The van der Waals surface area contributed by atoms with Crippen molar-refractivity contribution in [1.29, 1.82) is 0 Å². The summed E-state index contributed by atoms with van der Waals surface area (Å²) in [6, 6.07) is 3.63. The second-order valence-corrected chi connectivity index (χ2v) is 4.79. The molecule has 6 nitrogen and oxygen atoms in total. The zero-order valence-electron chi connectivity index (χ0n) is 11.2. The Balaban J connectivity index is 1.95. The summed E-state index contributed by atoms with van der Waals surface area (Å²) in [5, 5.41) is 0. The molecule has 6 heteroatoms. The normalized spacial score (nSPS) is 18.3. The molecular formula is C13H21N5O. The molecule has 0 aliphatic carbocycles. The van der Waals surface area contributed by atoms with Gasteiger partial charge in [-0.2, -0.15) is 0 Å². The van der Waals surface area contributed by atoms with Gasteiger partial charge in [0.15, 0.2) is 0 Å². The second kappa shape index (κ2) is 5.88. The van der Waals surface area contributed by atoms with Gasteiger partial charge < -0.3 is 16.4 Å². The predicted molar refractivity (Wildman–Crippen MR) is 75.7 cm³/mol. The highest BCUT2D eigenvalue weighted by Gasteiger charge is 2.26. The molecule has 2 rings (SSSR count). The van der Waals surface area contributed by atoms with E-state index in [1.165, 1.54) is 0 Å². The van der Waals surface area contributed by atoms with E-state index in [4.69, 9.17) is 11.5 Å². The van der Waals surface area contributed by atoms with E-state index < -0.39 is 0 Å². The summed E-state index contributed by atoms with van der Waals surface area (Å²) >= 11 is 0. The van der Waals surface area contributed by atoms with Crippen LogP contribution >= 0.6 is 0 Å². The molecule has 4 N–H and O–H groups in total. The summed E-state index contributed by atoms with van der Waals surface area (Å²) in [7, 11) is 0. The van der Waals surface area contributed by atoms with Crippen LogP contribution in [-0.2, 0) is 4.79 Å². The van der Waals surface area contributed by atoms with Crippen molar-refractivity contribution in [1.82, 2.24) is 9.88 Å². The number of amides is 1. The van der Waals surface area contributed by atoms with Gasteiger partial charge in [-0.05, 0) is 18.6 Å². The Morgan fingerprint density at radius 1 is 1.37 bits per heavy atom. The number of hydrogen-bond donors (Lipinski definition) is 2. The number of nitrogens with two attached hydrogens (primary N) is 2. The first-order valence-electron chi connectivity index (χ1n) is 6.61. The van der Waals surface area contributed by atoms with Crippen LogP contribution in [0.15, 0.2) is 18.3 Å². The van der Waals surface area contributed by atoms with E-state index in [1.807, 2.05) is 13.0 Å². The number of carbonyl (C=O) groups is 1. The number of nitrogen functional groups attached to an aromatic ring is 1. The molecule has 1 atom stereocenters. The van der Waals surface area contributed by atoms with Gasteiger partial charge in [0.05, 0.1) is 17.9 Å². The molecule has 1 saturated heterocycles. The van der Waals surface area contributed by atoms with Gasteiger partial charge in [0.25, 0.3) is 0 Å². The molecule has 2 heterocycles. The molecule has 1 aliphatic rings. The largest absolute Gasteiger partial charge is 0.384 e. The minimum atomic E-state index is -0.231. The third-order valence-electron chi connectivity index (χ3n) is 3.61. The fourth-order valence-corrected chi connectivity index (χ4v) is 2.52. The number of hydrogen-bond acceptors (Lipinski definition) is 5. The van der Waals surface area contributed by atoms with Gasteiger partial charge in [0, 0.05) is 26.2 Å². The standard InChI is InChI=1S/C13H21N5O/c1-2-11(13(15)19)18-7-5-17(6-8-18)10-3-4-12(14)16-9-10/h3-4,9,11H,2,5-8H2,1H3,(H2,14,16)(H2,15,19). The van der Waals surface area contributed by atoms with E-state index in [0.717, 1.165) is 38.3 Å². The van der Waals surface area contributed by atoms with Gasteiger partial charge in [0.2, 0.25) is 5.91 Å². The fraction of sp³-hybridized carbons (Fsp3) is 0.538. The topological polar surface area (TPSA) is 88.5 Å². The summed E-state index contributed by atoms with van der Waals surface area (Å²) in [6.45, 7) is 5.41. The molecule has 1 amide bonds. The molecule has 19 heavy (non-hydrogen) atoms. The Morgan fingerprint density at radius 2 is 2.05 bits per heavy atom. The zero-order valence-corrected chi connectivity index (χ0v) is 11.2. The van der Waals surface area contributed by atoms with Gasteiger partial charge in [-0.1, -0.05) is 6.92 Å². The summed E-state index contributed by atoms with van der Waals surface area (Å²) in [5.74, 6) is 0.298. The van der Waals surface area contributed by atoms with Gasteiger partial charge in [-0.15, -0.1) is 0 Å². The Morgan fingerprint density at radius 3 is 2.53 bits per heavy atom. The minimum absolute atomic E-state index is 0.147. The summed E-state index contributed by atoms with van der Waals surface area (Å²) in [5.41, 5.74) is 12.1. The maximum atomic E-state index is 11.4. The molecular weight excluding hydrogens is 242 g/mol. The number of piperazine rings is 1. The van der Waals surface area contributed by atoms with E-state index in [0.29, 0.717) is 5.82 Å². The number of aromatic nitrogens is 1. The van der Waals surface area contributed by atoms with Gasteiger partial charge >= 0.3 is 0 Å². The average molecular weight is 263 g/mol. The number of nitrogens with zero attached hydrogens (tertiary/aromatic N) is 3. The van der Waals surface area contributed by atoms with Crippen LogP contribution < -0.4 is 16.4 Å². The van der Waals surface area contributed by atoms with Crippen molar-refractivity contribution in [2.45, 2.75) is 19.4 Å². The van der Waals surface area contributed by atoms with Crippen molar-refractivity contribution in [2.24, 2.45) is 5.73 Å². The number of anilines is 2. The predicted octanol–water partition coefficient (Wildman–Crippen LogP) is 0.0497. The molecule has 0 aromatic carbocycles. The maximum absolute atomic E-state index is 11.4. The first kappa shape index (κ1) is 13.6. The molecule has 1 aliphatic heterocycles. The molecule has 1 fully saturated rings. The smallest absolute Gasteiger partial charge is 0.234 e. The second-order valence-electron chi connectivity index (χ2n) is 4.79.